The normalized spacial score (nSPS) is 43.9. The molecule has 4 aliphatic carbocycles. The molecule has 0 bridgehead atoms. The third kappa shape index (κ3) is 3.46. The van der Waals surface area contributed by atoms with Gasteiger partial charge in [-0.3, -0.25) is 4.79 Å². The number of carbonyl (C=O) groups excluding carboxylic acids is 1. The zero-order valence-electron chi connectivity index (χ0n) is 22.4. The summed E-state index contributed by atoms with van der Waals surface area (Å²) in [5.74, 6) is 1.22. The van der Waals surface area contributed by atoms with Crippen LogP contribution in [0.4, 0.5) is 0 Å². The Labute approximate surface area is 202 Å². The fourth-order valence-electron chi connectivity index (χ4n) is 9.07. The molecule has 2 fully saturated rings. The molecular formula is C30H48O3. The summed E-state index contributed by atoms with van der Waals surface area (Å²) in [5, 5.41) is 21.8. The quantitative estimate of drug-likeness (QED) is 0.467. The van der Waals surface area contributed by atoms with Gasteiger partial charge in [-0.15, -0.1) is 0 Å². The Kier molecular flexibility index (Phi) is 6.14. The number of hydrogen-bond acceptors (Lipinski definition) is 3. The van der Waals surface area contributed by atoms with Gasteiger partial charge in [0.1, 0.15) is 0 Å². The fourth-order valence-corrected chi connectivity index (χ4v) is 9.07. The molecule has 0 radical (unpaired) electrons. The van der Waals surface area contributed by atoms with Crippen molar-refractivity contribution in [1.29, 1.82) is 0 Å². The van der Waals surface area contributed by atoms with E-state index in [1.165, 1.54) is 11.1 Å². The number of allylic oxidation sites excluding steroid dienone is 3. The van der Waals surface area contributed by atoms with Gasteiger partial charge in [-0.2, -0.15) is 0 Å². The number of rotatable bonds is 4. The molecule has 0 unspecified atom stereocenters. The third-order valence-electron chi connectivity index (χ3n) is 11.6. The Bertz CT molecular complexity index is 877. The lowest BCUT2D eigenvalue weighted by molar-refractivity contribution is -0.134. The summed E-state index contributed by atoms with van der Waals surface area (Å²) < 4.78 is 0. The van der Waals surface area contributed by atoms with E-state index in [-0.39, 0.29) is 45.7 Å². The first-order chi connectivity index (χ1) is 15.2. The summed E-state index contributed by atoms with van der Waals surface area (Å²) in [6, 6.07) is 0. The third-order valence-corrected chi connectivity index (χ3v) is 11.6. The van der Waals surface area contributed by atoms with Crippen molar-refractivity contribution in [3.8, 4) is 0 Å². The van der Waals surface area contributed by atoms with E-state index in [0.717, 1.165) is 50.5 Å². The molecule has 4 aliphatic rings. The van der Waals surface area contributed by atoms with Gasteiger partial charge in [0.15, 0.2) is 5.78 Å². The number of aliphatic hydroxyl groups is 2. The number of carbonyl (C=O) groups is 1. The van der Waals surface area contributed by atoms with Crippen molar-refractivity contribution in [3.05, 3.63) is 22.8 Å². The lowest BCUT2D eigenvalue weighted by Gasteiger charge is -2.61. The Hall–Kier alpha value is -0.930. The molecule has 3 nitrogen and oxygen atoms in total. The molecule has 0 aliphatic heterocycles. The second-order valence-electron chi connectivity index (χ2n) is 13.7. The molecule has 3 heteroatoms. The molecule has 0 spiro atoms. The number of aliphatic hydroxyl groups excluding tert-OH is 2. The summed E-state index contributed by atoms with van der Waals surface area (Å²) in [6.45, 7) is 18.0. The molecule has 33 heavy (non-hydrogen) atoms. The maximum absolute atomic E-state index is 13.9. The molecule has 8 atom stereocenters. The minimum atomic E-state index is -0.330. The first kappa shape index (κ1) is 25.2. The van der Waals surface area contributed by atoms with Gasteiger partial charge in [-0.25, -0.2) is 0 Å². The van der Waals surface area contributed by atoms with Crippen LogP contribution in [0.2, 0.25) is 0 Å². The van der Waals surface area contributed by atoms with Gasteiger partial charge in [0, 0.05) is 17.4 Å². The molecule has 2 N–H and O–H groups in total. The number of ketones is 1. The second kappa shape index (κ2) is 8.05. The maximum atomic E-state index is 13.9. The van der Waals surface area contributed by atoms with E-state index in [2.05, 4.69) is 61.5 Å². The summed E-state index contributed by atoms with van der Waals surface area (Å²) in [6.07, 6.45) is 8.86. The zero-order valence-corrected chi connectivity index (χ0v) is 22.4. The highest BCUT2D eigenvalue weighted by molar-refractivity contribution is 5.99. The van der Waals surface area contributed by atoms with Crippen molar-refractivity contribution < 1.29 is 15.0 Å². The van der Waals surface area contributed by atoms with Crippen molar-refractivity contribution in [1.82, 2.24) is 0 Å². The van der Waals surface area contributed by atoms with Gasteiger partial charge in [-0.05, 0) is 92.8 Å². The van der Waals surface area contributed by atoms with E-state index < -0.39 is 0 Å². The van der Waals surface area contributed by atoms with Crippen molar-refractivity contribution in [3.63, 3.8) is 0 Å². The Morgan fingerprint density at radius 1 is 1.09 bits per heavy atom. The molecule has 4 rings (SSSR count). The van der Waals surface area contributed by atoms with Crippen LogP contribution < -0.4 is 0 Å². The van der Waals surface area contributed by atoms with E-state index in [0.29, 0.717) is 18.1 Å². The highest BCUT2D eigenvalue weighted by Gasteiger charge is 2.65. The van der Waals surface area contributed by atoms with E-state index in [9.17, 15) is 15.0 Å². The van der Waals surface area contributed by atoms with Gasteiger partial charge in [-0.1, -0.05) is 58.8 Å². The predicted octanol–water partition coefficient (Wildman–Crippen LogP) is 6.63. The summed E-state index contributed by atoms with van der Waals surface area (Å²) in [5.41, 5.74) is 3.57. The Morgan fingerprint density at radius 2 is 1.76 bits per heavy atom. The molecule has 186 valence electrons. The monoisotopic (exact) mass is 456 g/mol. The minimum Gasteiger partial charge on any atom is -0.393 e. The van der Waals surface area contributed by atoms with Gasteiger partial charge in [0.25, 0.3) is 0 Å². The first-order valence-electron chi connectivity index (χ1n) is 13.5. The molecule has 0 aromatic heterocycles. The average Bonchev–Trinajstić information content (AvgIpc) is 3.01. The van der Waals surface area contributed by atoms with E-state index in [4.69, 9.17) is 0 Å². The average molecular weight is 457 g/mol. The topological polar surface area (TPSA) is 57.5 Å². The molecule has 0 aromatic carbocycles. The second-order valence-corrected chi connectivity index (χ2v) is 13.7. The van der Waals surface area contributed by atoms with Crippen molar-refractivity contribution in [2.75, 3.05) is 0 Å². The van der Waals surface area contributed by atoms with Crippen LogP contribution in [0.25, 0.3) is 0 Å². The summed E-state index contributed by atoms with van der Waals surface area (Å²) in [7, 11) is 0. The predicted molar refractivity (Wildman–Crippen MR) is 135 cm³/mol. The van der Waals surface area contributed by atoms with Crippen LogP contribution in [-0.4, -0.2) is 28.2 Å². The lowest BCUT2D eigenvalue weighted by Crippen LogP contribution is -2.57. The number of hydrogen-bond donors (Lipinski definition) is 2. The van der Waals surface area contributed by atoms with Gasteiger partial charge < -0.3 is 10.2 Å². The van der Waals surface area contributed by atoms with Gasteiger partial charge >= 0.3 is 0 Å². The largest absolute Gasteiger partial charge is 0.393 e. The van der Waals surface area contributed by atoms with Crippen molar-refractivity contribution >= 4 is 5.78 Å². The summed E-state index contributed by atoms with van der Waals surface area (Å²) >= 11 is 0. The lowest BCUT2D eigenvalue weighted by atomic mass is 9.43. The molecule has 2 saturated carbocycles. The van der Waals surface area contributed by atoms with Crippen molar-refractivity contribution in [2.24, 2.45) is 39.4 Å². The zero-order chi connectivity index (χ0) is 24.6. The van der Waals surface area contributed by atoms with E-state index in [1.54, 1.807) is 0 Å². The van der Waals surface area contributed by atoms with Crippen LogP contribution in [0.3, 0.4) is 0 Å². The standard InChI is InChI=1S/C30H48O3/c1-18(2)9-10-22(31)19(3)20-11-16-30(8)26-21(12-15-29(20,30)7)28(6)14-13-25(33)27(4,5)24(28)17-23(26)32/h9,19-20,22,24-25,31,33H,10-17H2,1-8H3/t19-,20+,22+,24+,25-,28+,29+,30-/m0/s1. The Balaban J connectivity index is 1.72. The van der Waals surface area contributed by atoms with Crippen LogP contribution >= 0.6 is 0 Å². The molecular weight excluding hydrogens is 408 g/mol. The smallest absolute Gasteiger partial charge is 0.159 e. The van der Waals surface area contributed by atoms with Crippen LogP contribution in [0.5, 0.6) is 0 Å². The number of fused-ring (bicyclic) bond motifs is 4. The SMILES string of the molecule is CC(C)=CC[C@@H](O)[C@@H](C)[C@H]1CC[C@@]2(C)C3=C(CC[C@]12C)[C@@]1(C)CC[C@H](O)C(C)(C)[C@H]1CC3=O. The van der Waals surface area contributed by atoms with Gasteiger partial charge in [0.2, 0.25) is 0 Å². The molecule has 0 heterocycles. The highest BCUT2D eigenvalue weighted by atomic mass is 16.3. The van der Waals surface area contributed by atoms with Crippen LogP contribution in [0.15, 0.2) is 22.8 Å². The van der Waals surface area contributed by atoms with E-state index in [1.807, 2.05) is 0 Å². The van der Waals surface area contributed by atoms with Crippen LogP contribution in [-0.2, 0) is 4.79 Å². The number of Topliss-reactive ketones (excluding diaryl/α,β-unsaturated/α-hetero) is 1. The van der Waals surface area contributed by atoms with Gasteiger partial charge in [0.05, 0.1) is 12.2 Å². The maximum Gasteiger partial charge on any atom is 0.159 e. The Morgan fingerprint density at radius 3 is 2.39 bits per heavy atom. The van der Waals surface area contributed by atoms with Crippen LogP contribution in [0.1, 0.15) is 107 Å². The molecule has 0 saturated heterocycles. The highest BCUT2D eigenvalue weighted by Crippen LogP contribution is 2.71. The van der Waals surface area contributed by atoms with Crippen LogP contribution in [0, 0.1) is 39.4 Å². The fraction of sp³-hybridized carbons (Fsp3) is 0.833. The molecule has 0 aromatic rings. The van der Waals surface area contributed by atoms with Crippen molar-refractivity contribution in [2.45, 2.75) is 119 Å². The summed E-state index contributed by atoms with van der Waals surface area (Å²) in [4.78, 5) is 13.9. The van der Waals surface area contributed by atoms with E-state index >= 15 is 0 Å². The first-order valence-corrected chi connectivity index (χ1v) is 13.5. The minimum absolute atomic E-state index is 0.0168. The molecule has 0 amide bonds.